The van der Waals surface area contributed by atoms with E-state index in [0.29, 0.717) is 12.2 Å². The van der Waals surface area contributed by atoms with Gasteiger partial charge in [0.05, 0.1) is 17.5 Å². The van der Waals surface area contributed by atoms with Gasteiger partial charge in [-0.05, 0) is 58.3 Å². The molecule has 1 aromatic rings. The number of rotatable bonds is 6. The predicted molar refractivity (Wildman–Crippen MR) is 120 cm³/mol. The van der Waals surface area contributed by atoms with Crippen LogP contribution in [0.15, 0.2) is 17.3 Å². The van der Waals surface area contributed by atoms with E-state index in [0.717, 1.165) is 49.7 Å². The molecule has 174 valence electrons. The molecule has 1 heterocycles. The summed E-state index contributed by atoms with van der Waals surface area (Å²) in [4.78, 5) is 38.4. The van der Waals surface area contributed by atoms with E-state index in [-0.39, 0.29) is 35.4 Å². The molecule has 3 fully saturated rings. The molecule has 8 nitrogen and oxygen atoms in total. The monoisotopic (exact) mass is 442 g/mol. The van der Waals surface area contributed by atoms with Crippen LogP contribution < -0.4 is 10.6 Å². The van der Waals surface area contributed by atoms with Crippen LogP contribution in [-0.2, 0) is 16.1 Å². The smallest absolute Gasteiger partial charge is 0.307 e. The fraction of sp³-hybridized carbons (Fsp3) is 0.667. The van der Waals surface area contributed by atoms with Crippen LogP contribution >= 0.6 is 0 Å². The first-order valence-corrected chi connectivity index (χ1v) is 11.9. The fourth-order valence-corrected chi connectivity index (χ4v) is 6.16. The molecule has 0 saturated heterocycles. The van der Waals surface area contributed by atoms with E-state index in [4.69, 9.17) is 0 Å². The van der Waals surface area contributed by atoms with Crippen LogP contribution in [0.2, 0.25) is 0 Å². The van der Waals surface area contributed by atoms with E-state index in [1.54, 1.807) is 10.9 Å². The van der Waals surface area contributed by atoms with E-state index in [1.807, 2.05) is 20.8 Å². The average Bonchev–Trinajstić information content (AvgIpc) is 3.45. The summed E-state index contributed by atoms with van der Waals surface area (Å²) in [5.74, 6) is -3.01. The summed E-state index contributed by atoms with van der Waals surface area (Å²) in [6, 6.07) is 0.133. The van der Waals surface area contributed by atoms with Crippen molar-refractivity contribution in [1.82, 2.24) is 15.1 Å². The number of nitrogens with zero attached hydrogens (tertiary/aromatic N) is 2. The van der Waals surface area contributed by atoms with Crippen LogP contribution in [0.3, 0.4) is 0 Å². The van der Waals surface area contributed by atoms with Crippen molar-refractivity contribution in [3.8, 4) is 0 Å². The highest BCUT2D eigenvalue weighted by Crippen LogP contribution is 2.57. The number of hydrogen-bond acceptors (Lipinski definition) is 4. The first-order valence-electron chi connectivity index (χ1n) is 11.9. The second-order valence-electron chi connectivity index (χ2n) is 9.68. The Labute approximate surface area is 188 Å². The largest absolute Gasteiger partial charge is 0.481 e. The highest BCUT2D eigenvalue weighted by molar-refractivity contribution is 6.04. The van der Waals surface area contributed by atoms with Gasteiger partial charge in [-0.2, -0.15) is 5.10 Å². The molecule has 3 saturated carbocycles. The van der Waals surface area contributed by atoms with Crippen molar-refractivity contribution in [3.05, 3.63) is 23.0 Å². The van der Waals surface area contributed by atoms with Gasteiger partial charge in [-0.1, -0.05) is 30.4 Å². The maximum absolute atomic E-state index is 13.4. The van der Waals surface area contributed by atoms with Gasteiger partial charge >= 0.3 is 5.97 Å². The number of aryl methyl sites for hydroxylation is 1. The molecule has 32 heavy (non-hydrogen) atoms. The summed E-state index contributed by atoms with van der Waals surface area (Å²) < 4.78 is 1.63. The minimum absolute atomic E-state index is 0.0492. The van der Waals surface area contributed by atoms with E-state index >= 15 is 0 Å². The molecule has 3 N–H and O–H groups in total. The molecule has 4 rings (SSSR count). The van der Waals surface area contributed by atoms with Gasteiger partial charge in [0.2, 0.25) is 5.91 Å². The Morgan fingerprint density at radius 1 is 1.06 bits per heavy atom. The van der Waals surface area contributed by atoms with Gasteiger partial charge in [0.15, 0.2) is 5.69 Å². The van der Waals surface area contributed by atoms with Crippen molar-refractivity contribution in [3.63, 3.8) is 0 Å². The van der Waals surface area contributed by atoms with Crippen molar-refractivity contribution in [2.75, 3.05) is 5.32 Å². The summed E-state index contributed by atoms with van der Waals surface area (Å²) in [7, 11) is 0. The van der Waals surface area contributed by atoms with Crippen LogP contribution in [0.25, 0.3) is 0 Å². The zero-order valence-corrected chi connectivity index (χ0v) is 19.2. The highest BCUT2D eigenvalue weighted by Gasteiger charge is 2.57. The number of aliphatic carboxylic acids is 1. The lowest BCUT2D eigenvalue weighted by Gasteiger charge is -2.26. The number of carbonyl (C=O) groups is 3. The van der Waals surface area contributed by atoms with Gasteiger partial charge in [0.25, 0.3) is 5.91 Å². The molecule has 0 unspecified atom stereocenters. The number of carboxylic acid groups (broad SMARTS) is 1. The Morgan fingerprint density at radius 3 is 2.31 bits per heavy atom. The Morgan fingerprint density at radius 2 is 1.72 bits per heavy atom. The fourth-order valence-electron chi connectivity index (χ4n) is 6.16. The molecule has 0 aliphatic heterocycles. The third-order valence-corrected chi connectivity index (χ3v) is 7.51. The lowest BCUT2D eigenvalue weighted by Crippen LogP contribution is -2.39. The quantitative estimate of drug-likeness (QED) is 0.583. The molecular formula is C24H34N4O4. The van der Waals surface area contributed by atoms with Crippen LogP contribution in [0.1, 0.15) is 76.2 Å². The molecule has 4 atom stereocenters. The summed E-state index contributed by atoms with van der Waals surface area (Å²) in [5, 5.41) is 20.2. The zero-order chi connectivity index (χ0) is 23.0. The molecular weight excluding hydrogens is 408 g/mol. The predicted octanol–water partition coefficient (Wildman–Crippen LogP) is 3.60. The van der Waals surface area contributed by atoms with Gasteiger partial charge in [-0.25, -0.2) is 0 Å². The van der Waals surface area contributed by atoms with Crippen molar-refractivity contribution < 1.29 is 19.5 Å². The minimum atomic E-state index is -0.921. The van der Waals surface area contributed by atoms with E-state index in [9.17, 15) is 19.5 Å². The number of carbonyl (C=O) groups excluding carboxylic acids is 2. The lowest BCUT2D eigenvalue weighted by molar-refractivity contribution is -0.148. The van der Waals surface area contributed by atoms with Gasteiger partial charge in [-0.15, -0.1) is 0 Å². The summed E-state index contributed by atoms with van der Waals surface area (Å²) in [5.41, 5.74) is 2.81. The number of aromatic nitrogens is 2. The Balaban J connectivity index is 1.56. The summed E-state index contributed by atoms with van der Waals surface area (Å²) in [6.45, 7) is 6.48. The Bertz CT molecular complexity index is 940. The first kappa shape index (κ1) is 22.6. The van der Waals surface area contributed by atoms with Crippen molar-refractivity contribution in [2.24, 2.45) is 23.7 Å². The minimum Gasteiger partial charge on any atom is -0.481 e. The van der Waals surface area contributed by atoms with E-state index in [2.05, 4.69) is 15.7 Å². The second-order valence-corrected chi connectivity index (χ2v) is 9.68. The van der Waals surface area contributed by atoms with Crippen LogP contribution in [0.5, 0.6) is 0 Å². The number of fused-ring (bicyclic) bond motifs is 2. The summed E-state index contributed by atoms with van der Waals surface area (Å²) >= 11 is 0. The van der Waals surface area contributed by atoms with E-state index in [1.165, 1.54) is 6.42 Å². The highest BCUT2D eigenvalue weighted by atomic mass is 16.4. The third-order valence-electron chi connectivity index (χ3n) is 7.51. The summed E-state index contributed by atoms with van der Waals surface area (Å²) in [6.07, 6.45) is 8.62. The van der Waals surface area contributed by atoms with Crippen molar-refractivity contribution in [2.45, 2.75) is 78.3 Å². The standard InChI is InChI=1S/C24H34N4O4/c1-4-28-12-17(21(27-28)23(30)25-14-8-6-5-7-9-14)26-22(29)19-15-10-11-16(18(15)13(2)3)20(19)24(31)32/h12,14-16,19-20H,4-11H2,1-3H3,(H,25,30)(H,26,29)(H,31,32)/t15-,16-,19+,20+/m1/s1. The van der Waals surface area contributed by atoms with Gasteiger partial charge < -0.3 is 15.7 Å². The molecule has 0 radical (unpaired) electrons. The Hall–Kier alpha value is -2.64. The molecule has 3 aliphatic rings. The molecule has 8 heteroatoms. The molecule has 2 bridgehead atoms. The number of amides is 2. The Kier molecular flexibility index (Phi) is 6.40. The van der Waals surface area contributed by atoms with Crippen molar-refractivity contribution >= 4 is 23.5 Å². The average molecular weight is 443 g/mol. The lowest BCUT2D eigenvalue weighted by atomic mass is 9.78. The van der Waals surface area contributed by atoms with Crippen LogP contribution in [0, 0.1) is 23.7 Å². The van der Waals surface area contributed by atoms with Gasteiger partial charge in [0, 0.05) is 18.8 Å². The van der Waals surface area contributed by atoms with Crippen LogP contribution in [-0.4, -0.2) is 38.7 Å². The first-order chi connectivity index (χ1) is 15.3. The SMILES string of the molecule is CCn1cc(NC(=O)[C@@H]2[C@@H](C(=O)O)[C@@H]3CC[C@@H]2C3=C(C)C)c(C(=O)NC2CCCCC2)n1. The maximum Gasteiger partial charge on any atom is 0.307 e. The van der Waals surface area contributed by atoms with Crippen LogP contribution in [0.4, 0.5) is 5.69 Å². The van der Waals surface area contributed by atoms with Gasteiger partial charge in [-0.3, -0.25) is 19.1 Å². The van der Waals surface area contributed by atoms with Gasteiger partial charge in [0.1, 0.15) is 0 Å². The molecule has 3 aliphatic carbocycles. The number of hydrogen-bond donors (Lipinski definition) is 3. The molecule has 0 spiro atoms. The molecule has 1 aromatic heterocycles. The topological polar surface area (TPSA) is 113 Å². The number of nitrogens with one attached hydrogen (secondary N) is 2. The van der Waals surface area contributed by atoms with Crippen molar-refractivity contribution in [1.29, 1.82) is 0 Å². The number of carboxylic acids is 1. The normalized spacial score (nSPS) is 27.4. The molecule has 0 aromatic carbocycles. The zero-order valence-electron chi connectivity index (χ0n) is 19.2. The third kappa shape index (κ3) is 4.07. The second kappa shape index (κ2) is 9.08. The van der Waals surface area contributed by atoms with E-state index < -0.39 is 17.8 Å². The maximum atomic E-state index is 13.4. The number of anilines is 1. The number of allylic oxidation sites excluding steroid dienone is 2. The molecule has 2 amide bonds.